The van der Waals surface area contributed by atoms with E-state index in [0.29, 0.717) is 31.5 Å². The van der Waals surface area contributed by atoms with Crippen molar-refractivity contribution in [1.82, 2.24) is 10.2 Å². The number of para-hydroxylation sites is 1. The van der Waals surface area contributed by atoms with Gasteiger partial charge >= 0.3 is 0 Å². The van der Waals surface area contributed by atoms with E-state index in [-0.39, 0.29) is 34.2 Å². The summed E-state index contributed by atoms with van der Waals surface area (Å²) in [5, 5.41) is 2.92. The normalized spacial score (nSPS) is 14.6. The van der Waals surface area contributed by atoms with Gasteiger partial charge in [-0.1, -0.05) is 12.1 Å². The number of hydrogen-bond acceptors (Lipinski definition) is 5. The van der Waals surface area contributed by atoms with Gasteiger partial charge in [0.15, 0.2) is 5.76 Å². The van der Waals surface area contributed by atoms with Crippen molar-refractivity contribution in [2.75, 3.05) is 17.8 Å². The number of rotatable bonds is 6. The monoisotopic (exact) mass is 471 g/mol. The van der Waals surface area contributed by atoms with Gasteiger partial charge < -0.3 is 14.6 Å². The minimum absolute atomic E-state index is 0.0907. The highest BCUT2D eigenvalue weighted by Crippen LogP contribution is 2.20. The molecule has 33 heavy (non-hydrogen) atoms. The topological polar surface area (TPSA) is 109 Å². The van der Waals surface area contributed by atoms with Crippen LogP contribution in [-0.2, 0) is 10.0 Å². The quantitative estimate of drug-likeness (QED) is 0.574. The number of carbonyl (C=O) groups is 2. The third-order valence-corrected chi connectivity index (χ3v) is 6.78. The van der Waals surface area contributed by atoms with Gasteiger partial charge in [-0.15, -0.1) is 0 Å². The Kier molecular flexibility index (Phi) is 6.45. The number of amides is 2. The van der Waals surface area contributed by atoms with E-state index in [1.165, 1.54) is 48.7 Å². The van der Waals surface area contributed by atoms with E-state index >= 15 is 0 Å². The zero-order valence-electron chi connectivity index (χ0n) is 17.5. The van der Waals surface area contributed by atoms with E-state index in [1.807, 2.05) is 0 Å². The lowest BCUT2D eigenvalue weighted by Crippen LogP contribution is -2.46. The molecule has 0 radical (unpaired) electrons. The van der Waals surface area contributed by atoms with Crippen LogP contribution in [0.15, 0.2) is 76.2 Å². The van der Waals surface area contributed by atoms with E-state index in [4.69, 9.17) is 4.42 Å². The Morgan fingerprint density at radius 1 is 0.970 bits per heavy atom. The van der Waals surface area contributed by atoms with Crippen molar-refractivity contribution in [2.24, 2.45) is 0 Å². The van der Waals surface area contributed by atoms with Gasteiger partial charge in [0.05, 0.1) is 16.8 Å². The second kappa shape index (κ2) is 9.45. The molecule has 8 nitrogen and oxygen atoms in total. The van der Waals surface area contributed by atoms with Gasteiger partial charge in [-0.05, 0) is 61.4 Å². The summed E-state index contributed by atoms with van der Waals surface area (Å²) < 4.78 is 46.1. The largest absolute Gasteiger partial charge is 0.459 e. The molecule has 2 N–H and O–H groups in total. The van der Waals surface area contributed by atoms with Crippen molar-refractivity contribution < 1.29 is 26.8 Å². The van der Waals surface area contributed by atoms with Gasteiger partial charge in [0, 0.05) is 24.7 Å². The molecule has 0 aliphatic carbocycles. The summed E-state index contributed by atoms with van der Waals surface area (Å²) in [5.41, 5.74) is 0.144. The average molecular weight is 472 g/mol. The Bertz CT molecular complexity index is 1240. The molecule has 2 aromatic carbocycles. The second-order valence-corrected chi connectivity index (χ2v) is 9.31. The first kappa shape index (κ1) is 22.5. The van der Waals surface area contributed by atoms with Crippen LogP contribution in [0.25, 0.3) is 0 Å². The zero-order chi connectivity index (χ0) is 23.4. The van der Waals surface area contributed by atoms with Crippen molar-refractivity contribution in [1.29, 1.82) is 0 Å². The summed E-state index contributed by atoms with van der Waals surface area (Å²) in [4.78, 5) is 26.5. The second-order valence-electron chi connectivity index (χ2n) is 7.63. The molecule has 3 aromatic rings. The molecule has 1 fully saturated rings. The number of sulfonamides is 1. The Morgan fingerprint density at radius 2 is 1.67 bits per heavy atom. The summed E-state index contributed by atoms with van der Waals surface area (Å²) >= 11 is 0. The van der Waals surface area contributed by atoms with Crippen LogP contribution < -0.4 is 10.0 Å². The van der Waals surface area contributed by atoms with Crippen LogP contribution in [0.5, 0.6) is 0 Å². The molecule has 0 unspecified atom stereocenters. The van der Waals surface area contributed by atoms with Crippen molar-refractivity contribution >= 4 is 27.5 Å². The van der Waals surface area contributed by atoms with Crippen LogP contribution in [0, 0.1) is 5.82 Å². The number of anilines is 1. The van der Waals surface area contributed by atoms with E-state index in [2.05, 4.69) is 10.0 Å². The SMILES string of the molecule is O=C(NC1CCN(C(=O)c2ccco2)CC1)c1ccc(S(=O)(=O)Nc2ccccc2F)cc1. The number of carbonyl (C=O) groups excluding carboxylic acids is 2. The molecule has 2 amide bonds. The smallest absolute Gasteiger partial charge is 0.289 e. The molecule has 0 spiro atoms. The summed E-state index contributed by atoms with van der Waals surface area (Å²) in [6.07, 6.45) is 2.64. The highest BCUT2D eigenvalue weighted by Gasteiger charge is 2.26. The molecule has 1 aromatic heterocycles. The molecule has 0 atom stereocenters. The molecule has 1 aliphatic heterocycles. The number of halogens is 1. The first-order valence-corrected chi connectivity index (χ1v) is 11.8. The zero-order valence-corrected chi connectivity index (χ0v) is 18.3. The van der Waals surface area contributed by atoms with Crippen molar-refractivity contribution in [2.45, 2.75) is 23.8 Å². The van der Waals surface area contributed by atoms with Crippen molar-refractivity contribution in [3.8, 4) is 0 Å². The van der Waals surface area contributed by atoms with Crippen molar-refractivity contribution in [3.63, 3.8) is 0 Å². The molecule has 1 aliphatic rings. The molecule has 2 heterocycles. The number of likely N-dealkylation sites (tertiary alicyclic amines) is 1. The van der Waals surface area contributed by atoms with Crippen LogP contribution in [-0.4, -0.2) is 44.3 Å². The number of piperidine rings is 1. The molecule has 10 heteroatoms. The molecule has 172 valence electrons. The Hall–Kier alpha value is -3.66. The highest BCUT2D eigenvalue weighted by molar-refractivity contribution is 7.92. The van der Waals surface area contributed by atoms with Gasteiger partial charge in [0.25, 0.3) is 21.8 Å². The molecular weight excluding hydrogens is 449 g/mol. The molecular formula is C23H22FN3O5S. The summed E-state index contributed by atoms with van der Waals surface area (Å²) in [6, 6.07) is 14.0. The lowest BCUT2D eigenvalue weighted by Gasteiger charge is -2.31. The number of furan rings is 1. The maximum absolute atomic E-state index is 13.8. The predicted molar refractivity (Wildman–Crippen MR) is 119 cm³/mol. The van der Waals surface area contributed by atoms with Gasteiger partial charge in [-0.2, -0.15) is 0 Å². The summed E-state index contributed by atoms with van der Waals surface area (Å²) in [5.74, 6) is -0.909. The van der Waals surface area contributed by atoms with E-state index in [1.54, 1.807) is 17.0 Å². The fourth-order valence-corrected chi connectivity index (χ4v) is 4.65. The summed E-state index contributed by atoms with van der Waals surface area (Å²) in [7, 11) is -4.01. The lowest BCUT2D eigenvalue weighted by atomic mass is 10.0. The minimum atomic E-state index is -4.01. The Morgan fingerprint density at radius 3 is 2.30 bits per heavy atom. The van der Waals surface area contributed by atoms with E-state index < -0.39 is 15.8 Å². The highest BCUT2D eigenvalue weighted by atomic mass is 32.2. The summed E-state index contributed by atoms with van der Waals surface area (Å²) in [6.45, 7) is 0.979. The maximum Gasteiger partial charge on any atom is 0.289 e. The van der Waals surface area contributed by atoms with Gasteiger partial charge in [-0.3, -0.25) is 14.3 Å². The number of nitrogens with zero attached hydrogens (tertiary/aromatic N) is 1. The lowest BCUT2D eigenvalue weighted by molar-refractivity contribution is 0.0667. The van der Waals surface area contributed by atoms with Gasteiger partial charge in [-0.25, -0.2) is 12.8 Å². The van der Waals surface area contributed by atoms with Gasteiger partial charge in [0.1, 0.15) is 5.82 Å². The van der Waals surface area contributed by atoms with Crippen LogP contribution >= 0.6 is 0 Å². The fraction of sp³-hybridized carbons (Fsp3) is 0.217. The van der Waals surface area contributed by atoms with Crippen LogP contribution in [0.1, 0.15) is 33.8 Å². The third kappa shape index (κ3) is 5.23. The maximum atomic E-state index is 13.8. The van der Waals surface area contributed by atoms with Gasteiger partial charge in [0.2, 0.25) is 0 Å². The van der Waals surface area contributed by atoms with E-state index in [9.17, 15) is 22.4 Å². The Balaban J connectivity index is 1.33. The number of hydrogen-bond donors (Lipinski definition) is 2. The van der Waals surface area contributed by atoms with Crippen molar-refractivity contribution in [3.05, 3.63) is 84.1 Å². The third-order valence-electron chi connectivity index (χ3n) is 5.39. The van der Waals surface area contributed by atoms with Crippen LogP contribution in [0.2, 0.25) is 0 Å². The number of benzene rings is 2. The molecule has 1 saturated heterocycles. The predicted octanol–water partition coefficient (Wildman–Crippen LogP) is 3.25. The first-order chi connectivity index (χ1) is 15.8. The molecule has 0 bridgehead atoms. The number of nitrogens with one attached hydrogen (secondary N) is 2. The first-order valence-electron chi connectivity index (χ1n) is 10.3. The standard InChI is InChI=1S/C23H22FN3O5S/c24-19-4-1-2-5-20(19)26-33(30,31)18-9-7-16(8-10-18)22(28)25-17-11-13-27(14-12-17)23(29)21-6-3-15-32-21/h1-10,15,17,26H,11-14H2,(H,25,28). The van der Waals surface area contributed by atoms with Crippen LogP contribution in [0.4, 0.5) is 10.1 Å². The average Bonchev–Trinajstić information content (AvgIpc) is 3.36. The minimum Gasteiger partial charge on any atom is -0.459 e. The van der Waals surface area contributed by atoms with Crippen LogP contribution in [0.3, 0.4) is 0 Å². The fourth-order valence-electron chi connectivity index (χ4n) is 3.58. The molecule has 0 saturated carbocycles. The Labute approximate surface area is 190 Å². The van der Waals surface area contributed by atoms with E-state index in [0.717, 1.165) is 6.07 Å². The molecule has 4 rings (SSSR count).